The van der Waals surface area contributed by atoms with Crippen molar-refractivity contribution in [3.8, 4) is 5.75 Å². The van der Waals surface area contributed by atoms with Gasteiger partial charge in [-0.15, -0.1) is 0 Å². The number of nitrogens with one attached hydrogen (secondary N) is 1. The molecule has 1 unspecified atom stereocenters. The van der Waals surface area contributed by atoms with Gasteiger partial charge in [0.25, 0.3) is 0 Å². The van der Waals surface area contributed by atoms with Crippen LogP contribution in [0.15, 0.2) is 30.3 Å². The summed E-state index contributed by atoms with van der Waals surface area (Å²) in [5, 5.41) is 3.33. The van der Waals surface area contributed by atoms with E-state index in [2.05, 4.69) is 19.2 Å². The molecule has 0 amide bonds. The van der Waals surface area contributed by atoms with E-state index in [0.717, 1.165) is 38.0 Å². The van der Waals surface area contributed by atoms with Crippen molar-refractivity contribution in [1.29, 1.82) is 0 Å². The second-order valence-corrected chi connectivity index (χ2v) is 5.55. The number of carbonyl (C=O) groups is 1. The maximum absolute atomic E-state index is 12.4. The Kier molecular flexibility index (Phi) is 5.60. The van der Waals surface area contributed by atoms with Crippen LogP contribution in [0.1, 0.15) is 39.5 Å². The Morgan fingerprint density at radius 2 is 2.10 bits per heavy atom. The first-order chi connectivity index (χ1) is 9.74. The number of rotatable bonds is 7. The molecular formula is C17H25NO2. The lowest BCUT2D eigenvalue weighted by Crippen LogP contribution is -2.35. The fourth-order valence-electron chi connectivity index (χ4n) is 2.88. The molecule has 0 aromatic heterocycles. The number of hydrogen-bond acceptors (Lipinski definition) is 3. The van der Waals surface area contributed by atoms with Crippen LogP contribution in [0.5, 0.6) is 5.75 Å². The molecule has 1 aromatic carbocycles. The molecule has 110 valence electrons. The number of para-hydroxylation sites is 1. The summed E-state index contributed by atoms with van der Waals surface area (Å²) in [5.41, 5.74) is 0. The zero-order valence-corrected chi connectivity index (χ0v) is 12.5. The van der Waals surface area contributed by atoms with Crippen LogP contribution >= 0.6 is 0 Å². The molecular weight excluding hydrogens is 250 g/mol. The minimum absolute atomic E-state index is 0.0276. The average molecular weight is 275 g/mol. The summed E-state index contributed by atoms with van der Waals surface area (Å²) in [7, 11) is 0. The normalized spacial score (nSPS) is 23.5. The Bertz CT molecular complexity index is 418. The highest BCUT2D eigenvalue weighted by Crippen LogP contribution is 2.21. The molecule has 0 aliphatic carbocycles. The van der Waals surface area contributed by atoms with Crippen molar-refractivity contribution in [2.24, 2.45) is 5.92 Å². The van der Waals surface area contributed by atoms with Gasteiger partial charge in [0, 0.05) is 18.9 Å². The Labute approximate surface area is 121 Å². The highest BCUT2D eigenvalue weighted by Gasteiger charge is 2.33. The lowest BCUT2D eigenvalue weighted by molar-refractivity contribution is -0.125. The minimum atomic E-state index is -0.0276. The Hall–Kier alpha value is -1.35. The van der Waals surface area contributed by atoms with Gasteiger partial charge in [0.1, 0.15) is 11.9 Å². The third kappa shape index (κ3) is 3.83. The molecule has 3 nitrogen and oxygen atoms in total. The largest absolute Gasteiger partial charge is 0.489 e. The lowest BCUT2D eigenvalue weighted by atomic mass is 9.90. The molecule has 20 heavy (non-hydrogen) atoms. The molecule has 1 fully saturated rings. The standard InChI is InChI=1S/C17H25NO2/c1-3-8-13(4-2)17(19)16-11-15(12-18-16)20-14-9-6-5-7-10-14/h5-7,9-10,13,15-16,18H,3-4,8,11-12H2,1-2H3/t13?,15-,16-/m0/s1. The van der Waals surface area contributed by atoms with Gasteiger partial charge in [-0.05, 0) is 25.0 Å². The topological polar surface area (TPSA) is 38.3 Å². The van der Waals surface area contributed by atoms with Crippen molar-refractivity contribution in [3.63, 3.8) is 0 Å². The second-order valence-electron chi connectivity index (χ2n) is 5.55. The third-order valence-corrected chi connectivity index (χ3v) is 4.01. The van der Waals surface area contributed by atoms with Crippen molar-refractivity contribution < 1.29 is 9.53 Å². The molecule has 0 saturated carbocycles. The summed E-state index contributed by atoms with van der Waals surface area (Å²) in [5.74, 6) is 1.45. The van der Waals surface area contributed by atoms with E-state index in [4.69, 9.17) is 4.74 Å². The summed E-state index contributed by atoms with van der Waals surface area (Å²) >= 11 is 0. The van der Waals surface area contributed by atoms with Crippen LogP contribution in [-0.4, -0.2) is 24.5 Å². The fraction of sp³-hybridized carbons (Fsp3) is 0.588. The first-order valence-corrected chi connectivity index (χ1v) is 7.73. The van der Waals surface area contributed by atoms with E-state index in [1.54, 1.807) is 0 Å². The van der Waals surface area contributed by atoms with Crippen molar-refractivity contribution >= 4 is 5.78 Å². The number of benzene rings is 1. The van der Waals surface area contributed by atoms with Gasteiger partial charge in [0.2, 0.25) is 0 Å². The molecule has 0 radical (unpaired) electrons. The van der Waals surface area contributed by atoms with Gasteiger partial charge >= 0.3 is 0 Å². The average Bonchev–Trinajstić information content (AvgIpc) is 2.93. The molecule has 1 aliphatic rings. The second kappa shape index (κ2) is 7.44. The number of hydrogen-bond donors (Lipinski definition) is 1. The van der Waals surface area contributed by atoms with E-state index in [1.807, 2.05) is 30.3 Å². The Morgan fingerprint density at radius 3 is 2.75 bits per heavy atom. The summed E-state index contributed by atoms with van der Waals surface area (Å²) in [6.45, 7) is 5.00. The van der Waals surface area contributed by atoms with Gasteiger partial charge in [0.15, 0.2) is 5.78 Å². The van der Waals surface area contributed by atoms with Crippen LogP contribution in [0.25, 0.3) is 0 Å². The molecule has 1 aliphatic heterocycles. The van der Waals surface area contributed by atoms with Gasteiger partial charge in [-0.25, -0.2) is 0 Å². The quantitative estimate of drug-likeness (QED) is 0.830. The molecule has 1 N–H and O–H groups in total. The van der Waals surface area contributed by atoms with Crippen LogP contribution < -0.4 is 10.1 Å². The van der Waals surface area contributed by atoms with Crippen molar-refractivity contribution in [2.45, 2.75) is 51.7 Å². The van der Waals surface area contributed by atoms with Crippen LogP contribution in [0.2, 0.25) is 0 Å². The first kappa shape index (κ1) is 15.0. The summed E-state index contributed by atoms with van der Waals surface area (Å²) < 4.78 is 5.91. The predicted molar refractivity (Wildman–Crippen MR) is 81.0 cm³/mol. The number of carbonyl (C=O) groups excluding carboxylic acids is 1. The summed E-state index contributed by atoms with van der Waals surface area (Å²) in [4.78, 5) is 12.4. The summed E-state index contributed by atoms with van der Waals surface area (Å²) in [6, 6.07) is 9.80. The van der Waals surface area contributed by atoms with Gasteiger partial charge in [-0.3, -0.25) is 4.79 Å². The van der Waals surface area contributed by atoms with Crippen LogP contribution in [0, 0.1) is 5.92 Å². The van der Waals surface area contributed by atoms with E-state index in [1.165, 1.54) is 0 Å². The molecule has 2 rings (SSSR count). The number of Topliss-reactive ketones (excluding diaryl/α,β-unsaturated/α-hetero) is 1. The molecule has 1 saturated heterocycles. The highest BCUT2D eigenvalue weighted by molar-refractivity contribution is 5.86. The van der Waals surface area contributed by atoms with Crippen molar-refractivity contribution in [3.05, 3.63) is 30.3 Å². The molecule has 0 bridgehead atoms. The van der Waals surface area contributed by atoms with Crippen LogP contribution in [0.4, 0.5) is 0 Å². The van der Waals surface area contributed by atoms with Crippen molar-refractivity contribution in [2.75, 3.05) is 6.54 Å². The number of ketones is 1. The monoisotopic (exact) mass is 275 g/mol. The Balaban J connectivity index is 1.87. The van der Waals surface area contributed by atoms with Gasteiger partial charge < -0.3 is 10.1 Å². The van der Waals surface area contributed by atoms with E-state index >= 15 is 0 Å². The Morgan fingerprint density at radius 1 is 1.35 bits per heavy atom. The van der Waals surface area contributed by atoms with Gasteiger partial charge in [-0.2, -0.15) is 0 Å². The fourth-order valence-corrected chi connectivity index (χ4v) is 2.88. The first-order valence-electron chi connectivity index (χ1n) is 7.73. The predicted octanol–water partition coefficient (Wildman–Crippen LogP) is 3.19. The maximum Gasteiger partial charge on any atom is 0.152 e. The molecule has 3 atom stereocenters. The lowest BCUT2D eigenvalue weighted by Gasteiger charge is -2.17. The van der Waals surface area contributed by atoms with Gasteiger partial charge in [0.05, 0.1) is 6.04 Å². The zero-order valence-electron chi connectivity index (χ0n) is 12.5. The third-order valence-electron chi connectivity index (χ3n) is 4.01. The minimum Gasteiger partial charge on any atom is -0.489 e. The zero-order chi connectivity index (χ0) is 14.4. The van der Waals surface area contributed by atoms with Crippen LogP contribution in [-0.2, 0) is 4.79 Å². The molecule has 3 heteroatoms. The highest BCUT2D eigenvalue weighted by atomic mass is 16.5. The van der Waals surface area contributed by atoms with E-state index < -0.39 is 0 Å². The summed E-state index contributed by atoms with van der Waals surface area (Å²) in [6.07, 6.45) is 3.90. The molecule has 1 aromatic rings. The van der Waals surface area contributed by atoms with E-state index in [9.17, 15) is 4.79 Å². The smallest absolute Gasteiger partial charge is 0.152 e. The molecule has 0 spiro atoms. The SMILES string of the molecule is CCCC(CC)C(=O)[C@@H]1C[C@H](Oc2ccccc2)CN1. The van der Waals surface area contributed by atoms with Crippen molar-refractivity contribution in [1.82, 2.24) is 5.32 Å². The number of ether oxygens (including phenoxy) is 1. The molecule has 1 heterocycles. The van der Waals surface area contributed by atoms with E-state index in [0.29, 0.717) is 5.78 Å². The van der Waals surface area contributed by atoms with Gasteiger partial charge in [-0.1, -0.05) is 38.5 Å². The van der Waals surface area contributed by atoms with E-state index in [-0.39, 0.29) is 18.1 Å². The maximum atomic E-state index is 12.4. The van der Waals surface area contributed by atoms with Crippen LogP contribution in [0.3, 0.4) is 0 Å².